The number of esters is 1. The minimum Gasteiger partial charge on any atom is -0.452 e. The molecule has 0 bridgehead atoms. The maximum atomic E-state index is 13.2. The van der Waals surface area contributed by atoms with Gasteiger partial charge in [0.25, 0.3) is 0 Å². The molecule has 0 fully saturated rings. The lowest BCUT2D eigenvalue weighted by Crippen LogP contribution is -2.14. The molecule has 24 heavy (non-hydrogen) atoms. The summed E-state index contributed by atoms with van der Waals surface area (Å²) in [4.78, 5) is 24.0. The van der Waals surface area contributed by atoms with E-state index in [4.69, 9.17) is 9.47 Å². The Bertz CT molecular complexity index is 852. The lowest BCUT2D eigenvalue weighted by Gasteiger charge is -2.07. The van der Waals surface area contributed by atoms with Gasteiger partial charge in [-0.1, -0.05) is 26.0 Å². The van der Waals surface area contributed by atoms with Crippen LogP contribution in [0.1, 0.15) is 29.8 Å². The van der Waals surface area contributed by atoms with Gasteiger partial charge in [0.1, 0.15) is 17.3 Å². The Balaban J connectivity index is 1.86. The molecule has 0 radical (unpaired) electrons. The second kappa shape index (κ2) is 6.28. The van der Waals surface area contributed by atoms with E-state index in [0.29, 0.717) is 22.6 Å². The minimum absolute atomic E-state index is 0.0999. The van der Waals surface area contributed by atoms with Gasteiger partial charge in [-0.25, -0.2) is 4.39 Å². The first kappa shape index (κ1) is 15.9. The van der Waals surface area contributed by atoms with Gasteiger partial charge < -0.3 is 9.47 Å². The van der Waals surface area contributed by atoms with Crippen molar-refractivity contribution in [2.45, 2.75) is 13.8 Å². The topological polar surface area (TPSA) is 52.6 Å². The number of fused-ring (bicyclic) bond motifs is 1. The average molecular weight is 326 g/mol. The predicted molar refractivity (Wildman–Crippen MR) is 86.3 cm³/mol. The number of allylic oxidation sites excluding steroid dienone is 1. The number of carbonyl (C=O) groups excluding carboxylic acids is 2. The molecule has 1 aliphatic rings. The summed E-state index contributed by atoms with van der Waals surface area (Å²) in [6.45, 7) is 3.46. The van der Waals surface area contributed by atoms with Crippen LogP contribution in [0, 0.1) is 11.7 Å². The van der Waals surface area contributed by atoms with E-state index in [2.05, 4.69) is 0 Å². The highest BCUT2D eigenvalue weighted by Gasteiger charge is 2.28. The van der Waals surface area contributed by atoms with Gasteiger partial charge in [0.15, 0.2) is 5.76 Å². The molecule has 2 aromatic rings. The molecule has 0 saturated carbocycles. The zero-order valence-electron chi connectivity index (χ0n) is 13.2. The summed E-state index contributed by atoms with van der Waals surface area (Å²) in [5, 5.41) is 0. The highest BCUT2D eigenvalue weighted by molar-refractivity contribution is 6.14. The number of hydrogen-bond acceptors (Lipinski definition) is 4. The molecular weight excluding hydrogens is 311 g/mol. The highest BCUT2D eigenvalue weighted by atomic mass is 19.1. The van der Waals surface area contributed by atoms with Crippen LogP contribution in [0.15, 0.2) is 48.2 Å². The third kappa shape index (κ3) is 3.20. The average Bonchev–Trinajstić information content (AvgIpc) is 2.83. The van der Waals surface area contributed by atoms with Gasteiger partial charge >= 0.3 is 5.97 Å². The van der Waals surface area contributed by atoms with Gasteiger partial charge in [-0.15, -0.1) is 0 Å². The molecule has 0 atom stereocenters. The van der Waals surface area contributed by atoms with Crippen molar-refractivity contribution in [3.8, 4) is 11.5 Å². The molecule has 4 nitrogen and oxygen atoms in total. The molecule has 5 heteroatoms. The van der Waals surface area contributed by atoms with Crippen LogP contribution in [-0.4, -0.2) is 11.8 Å². The van der Waals surface area contributed by atoms with Crippen LogP contribution in [0.5, 0.6) is 11.5 Å². The Morgan fingerprint density at radius 2 is 2.00 bits per heavy atom. The number of ether oxygens (including phenoxy) is 2. The molecule has 0 N–H and O–H groups in total. The summed E-state index contributed by atoms with van der Waals surface area (Å²) >= 11 is 0. The number of benzene rings is 2. The molecule has 0 unspecified atom stereocenters. The van der Waals surface area contributed by atoms with Gasteiger partial charge in [-0.2, -0.15) is 0 Å². The largest absolute Gasteiger partial charge is 0.452 e. The number of ketones is 1. The summed E-state index contributed by atoms with van der Waals surface area (Å²) in [5.74, 6) is -0.586. The number of carbonyl (C=O) groups is 2. The normalized spacial score (nSPS) is 14.7. The third-order valence-electron chi connectivity index (χ3n) is 3.48. The number of hydrogen-bond donors (Lipinski definition) is 0. The highest BCUT2D eigenvalue weighted by Crippen LogP contribution is 2.35. The van der Waals surface area contributed by atoms with Crippen LogP contribution in [0.2, 0.25) is 0 Å². The van der Waals surface area contributed by atoms with E-state index in [1.165, 1.54) is 24.3 Å². The van der Waals surface area contributed by atoms with Crippen molar-refractivity contribution in [3.05, 3.63) is 65.2 Å². The third-order valence-corrected chi connectivity index (χ3v) is 3.48. The minimum atomic E-state index is -0.393. The van der Waals surface area contributed by atoms with E-state index in [1.807, 2.05) is 0 Å². The molecule has 1 heterocycles. The monoisotopic (exact) mass is 326 g/mol. The van der Waals surface area contributed by atoms with Gasteiger partial charge in [-0.3, -0.25) is 9.59 Å². The fourth-order valence-corrected chi connectivity index (χ4v) is 2.21. The van der Waals surface area contributed by atoms with E-state index < -0.39 is 5.82 Å². The van der Waals surface area contributed by atoms with Crippen molar-refractivity contribution in [2.75, 3.05) is 0 Å². The zero-order chi connectivity index (χ0) is 17.3. The molecule has 3 rings (SSSR count). The van der Waals surface area contributed by atoms with Gasteiger partial charge in [0.2, 0.25) is 5.78 Å². The summed E-state index contributed by atoms with van der Waals surface area (Å²) < 4.78 is 24.0. The van der Waals surface area contributed by atoms with Gasteiger partial charge in [0, 0.05) is 6.07 Å². The summed E-state index contributed by atoms with van der Waals surface area (Å²) in [7, 11) is 0. The van der Waals surface area contributed by atoms with E-state index in [1.54, 1.807) is 38.1 Å². The molecule has 0 saturated heterocycles. The Morgan fingerprint density at radius 1 is 1.21 bits per heavy atom. The molecule has 0 aromatic heterocycles. The first-order chi connectivity index (χ1) is 11.4. The lowest BCUT2D eigenvalue weighted by atomic mass is 10.1. The van der Waals surface area contributed by atoms with Crippen molar-refractivity contribution >= 4 is 17.8 Å². The number of Topliss-reactive ketones (excluding diaryl/α,β-unsaturated/α-hetero) is 1. The molecule has 1 aliphatic heterocycles. The van der Waals surface area contributed by atoms with E-state index >= 15 is 0 Å². The van der Waals surface area contributed by atoms with Crippen LogP contribution >= 0.6 is 0 Å². The molecule has 2 aromatic carbocycles. The van der Waals surface area contributed by atoms with Crippen molar-refractivity contribution in [1.29, 1.82) is 0 Å². The van der Waals surface area contributed by atoms with E-state index in [-0.39, 0.29) is 23.4 Å². The van der Waals surface area contributed by atoms with E-state index in [9.17, 15) is 14.0 Å². The molecule has 0 spiro atoms. The second-order valence-electron chi connectivity index (χ2n) is 5.73. The Labute approximate surface area is 138 Å². The van der Waals surface area contributed by atoms with Crippen LogP contribution in [0.25, 0.3) is 6.08 Å². The van der Waals surface area contributed by atoms with Gasteiger partial charge in [0.05, 0.1) is 11.5 Å². The van der Waals surface area contributed by atoms with Crippen molar-refractivity contribution in [2.24, 2.45) is 5.92 Å². The first-order valence-electron chi connectivity index (χ1n) is 7.49. The molecule has 0 amide bonds. The summed E-state index contributed by atoms with van der Waals surface area (Å²) in [6, 6.07) is 10.5. The Morgan fingerprint density at radius 3 is 2.71 bits per heavy atom. The second-order valence-corrected chi connectivity index (χ2v) is 5.73. The van der Waals surface area contributed by atoms with E-state index in [0.717, 1.165) is 0 Å². The number of halogens is 1. The van der Waals surface area contributed by atoms with Crippen LogP contribution in [0.4, 0.5) is 4.39 Å². The smallest absolute Gasteiger partial charge is 0.313 e. The molecule has 0 aliphatic carbocycles. The maximum absolute atomic E-state index is 13.2. The van der Waals surface area contributed by atoms with Gasteiger partial charge in [-0.05, 0) is 35.9 Å². The van der Waals surface area contributed by atoms with Crippen LogP contribution < -0.4 is 9.47 Å². The summed E-state index contributed by atoms with van der Waals surface area (Å²) in [5.41, 5.74) is 0.902. The fourth-order valence-electron chi connectivity index (χ4n) is 2.21. The summed E-state index contributed by atoms with van der Waals surface area (Å²) in [6.07, 6.45) is 1.48. The van der Waals surface area contributed by atoms with Crippen LogP contribution in [0.3, 0.4) is 0 Å². The standard InChI is InChI=1S/C19H15FO4/c1-11(2)19(22)23-14-6-7-15-16(10-14)24-17(18(15)21)9-12-4-3-5-13(20)8-12/h3-11H,1-2H3/b17-9-. The quantitative estimate of drug-likeness (QED) is 0.486. The SMILES string of the molecule is CC(C)C(=O)Oc1ccc2c(c1)O/C(=C\c1cccc(F)c1)C2=O. The van der Waals surface area contributed by atoms with Crippen molar-refractivity contribution < 1.29 is 23.5 Å². The Kier molecular flexibility index (Phi) is 4.16. The zero-order valence-corrected chi connectivity index (χ0v) is 13.2. The molecule has 122 valence electrons. The fraction of sp³-hybridized carbons (Fsp3) is 0.158. The van der Waals surface area contributed by atoms with Crippen molar-refractivity contribution in [1.82, 2.24) is 0 Å². The van der Waals surface area contributed by atoms with Crippen molar-refractivity contribution in [3.63, 3.8) is 0 Å². The predicted octanol–water partition coefficient (Wildman–Crippen LogP) is 4.00. The maximum Gasteiger partial charge on any atom is 0.313 e. The lowest BCUT2D eigenvalue weighted by molar-refractivity contribution is -0.137. The first-order valence-corrected chi connectivity index (χ1v) is 7.49. The Hall–Kier alpha value is -2.95. The van der Waals surface area contributed by atoms with Crippen LogP contribution in [-0.2, 0) is 4.79 Å². The number of rotatable bonds is 3. The molecular formula is C19H15FO4.